The zero-order valence-corrected chi connectivity index (χ0v) is 11.6. The van der Waals surface area contributed by atoms with Gasteiger partial charge in [-0.15, -0.1) is 0 Å². The fourth-order valence-corrected chi connectivity index (χ4v) is 3.65. The lowest BCUT2D eigenvalue weighted by Crippen LogP contribution is -2.50. The number of nitrogens with zero attached hydrogens (tertiary/aromatic N) is 1. The van der Waals surface area contributed by atoms with Crippen LogP contribution < -0.4 is 5.73 Å². The Morgan fingerprint density at radius 2 is 2.06 bits per heavy atom. The van der Waals surface area contributed by atoms with Crippen molar-refractivity contribution >= 4 is 0 Å². The largest absolute Gasteiger partial charge is 0.375 e. The van der Waals surface area contributed by atoms with Gasteiger partial charge in [-0.2, -0.15) is 0 Å². The van der Waals surface area contributed by atoms with Gasteiger partial charge < -0.3 is 10.5 Å². The van der Waals surface area contributed by atoms with Crippen LogP contribution in [0.4, 0.5) is 0 Å². The van der Waals surface area contributed by atoms with Gasteiger partial charge in [-0.25, -0.2) is 0 Å². The fraction of sp³-hybridized carbons (Fsp3) is 1.00. The summed E-state index contributed by atoms with van der Waals surface area (Å²) in [6.45, 7) is 6.17. The van der Waals surface area contributed by atoms with Crippen LogP contribution in [0.15, 0.2) is 0 Å². The molecule has 100 valence electrons. The first-order chi connectivity index (χ1) is 8.03. The van der Waals surface area contributed by atoms with E-state index < -0.39 is 0 Å². The molecule has 3 atom stereocenters. The van der Waals surface area contributed by atoms with Crippen LogP contribution in [0.2, 0.25) is 0 Å². The Labute approximate surface area is 106 Å². The Morgan fingerprint density at radius 1 is 1.29 bits per heavy atom. The Kier molecular flexibility index (Phi) is 4.11. The molecule has 0 aromatic carbocycles. The summed E-state index contributed by atoms with van der Waals surface area (Å²) in [7, 11) is 2.30. The Hall–Kier alpha value is -0.120. The molecule has 0 bridgehead atoms. The lowest BCUT2D eigenvalue weighted by atomic mass is 9.91. The first kappa shape index (κ1) is 13.3. The zero-order valence-electron chi connectivity index (χ0n) is 11.6. The van der Waals surface area contributed by atoms with E-state index in [1.165, 1.54) is 25.7 Å². The summed E-state index contributed by atoms with van der Waals surface area (Å²) >= 11 is 0. The van der Waals surface area contributed by atoms with Crippen molar-refractivity contribution in [2.24, 2.45) is 11.7 Å². The van der Waals surface area contributed by atoms with Gasteiger partial charge in [0, 0.05) is 18.7 Å². The summed E-state index contributed by atoms with van der Waals surface area (Å²) in [5.74, 6) is 0.714. The summed E-state index contributed by atoms with van der Waals surface area (Å²) in [5, 5.41) is 0. The van der Waals surface area contributed by atoms with E-state index in [9.17, 15) is 0 Å². The summed E-state index contributed by atoms with van der Waals surface area (Å²) in [6.07, 6.45) is 6.32. The first-order valence-electron chi connectivity index (χ1n) is 7.09. The van der Waals surface area contributed by atoms with E-state index in [-0.39, 0.29) is 5.60 Å². The van der Waals surface area contributed by atoms with E-state index >= 15 is 0 Å². The maximum Gasteiger partial charge on any atom is 0.0641 e. The lowest BCUT2D eigenvalue weighted by molar-refractivity contribution is -0.0866. The van der Waals surface area contributed by atoms with Crippen molar-refractivity contribution in [3.63, 3.8) is 0 Å². The average molecular weight is 240 g/mol. The van der Waals surface area contributed by atoms with Gasteiger partial charge in [-0.3, -0.25) is 4.90 Å². The second-order valence-electron chi connectivity index (χ2n) is 6.41. The third-order valence-electron chi connectivity index (χ3n) is 4.69. The summed E-state index contributed by atoms with van der Waals surface area (Å²) in [6, 6.07) is 1.38. The van der Waals surface area contributed by atoms with E-state index in [2.05, 4.69) is 25.8 Å². The third kappa shape index (κ3) is 3.01. The topological polar surface area (TPSA) is 38.5 Å². The Morgan fingerprint density at radius 3 is 2.71 bits per heavy atom. The highest BCUT2D eigenvalue weighted by atomic mass is 16.5. The standard InChI is InChI=1S/C14H28N2O/c1-14(2)9-12(7-8-17-14)16(3)13-6-4-5-11(13)10-15/h11-13H,4-10,15H2,1-3H3. The van der Waals surface area contributed by atoms with Gasteiger partial charge in [0.1, 0.15) is 0 Å². The number of hydrogen-bond acceptors (Lipinski definition) is 3. The van der Waals surface area contributed by atoms with E-state index in [0.717, 1.165) is 19.6 Å². The predicted molar refractivity (Wildman–Crippen MR) is 71.0 cm³/mol. The second-order valence-corrected chi connectivity index (χ2v) is 6.41. The van der Waals surface area contributed by atoms with Crippen LogP contribution in [0.25, 0.3) is 0 Å². The molecule has 2 N–H and O–H groups in total. The minimum atomic E-state index is 0.0496. The average Bonchev–Trinajstić information content (AvgIpc) is 2.74. The van der Waals surface area contributed by atoms with E-state index in [0.29, 0.717) is 18.0 Å². The van der Waals surface area contributed by atoms with Crippen LogP contribution in [0.1, 0.15) is 46.0 Å². The molecule has 2 aliphatic rings. The quantitative estimate of drug-likeness (QED) is 0.820. The molecular formula is C14H28N2O. The monoisotopic (exact) mass is 240 g/mol. The molecule has 1 saturated carbocycles. The van der Waals surface area contributed by atoms with E-state index in [1.54, 1.807) is 0 Å². The Bertz CT molecular complexity index is 255. The van der Waals surface area contributed by atoms with Crippen LogP contribution in [0.5, 0.6) is 0 Å². The lowest BCUT2D eigenvalue weighted by Gasteiger charge is -2.43. The minimum Gasteiger partial charge on any atom is -0.375 e. The van der Waals surface area contributed by atoms with Crippen molar-refractivity contribution in [1.82, 2.24) is 4.90 Å². The highest BCUT2D eigenvalue weighted by molar-refractivity contribution is 4.91. The molecule has 3 nitrogen and oxygen atoms in total. The molecule has 2 rings (SSSR count). The molecule has 1 saturated heterocycles. The van der Waals surface area contributed by atoms with Gasteiger partial charge in [-0.05, 0) is 59.0 Å². The molecule has 17 heavy (non-hydrogen) atoms. The maximum atomic E-state index is 5.89. The molecule has 0 aromatic rings. The Balaban J connectivity index is 1.96. The van der Waals surface area contributed by atoms with Crippen molar-refractivity contribution in [3.05, 3.63) is 0 Å². The number of nitrogens with two attached hydrogens (primary N) is 1. The van der Waals surface area contributed by atoms with Gasteiger partial charge >= 0.3 is 0 Å². The van der Waals surface area contributed by atoms with Gasteiger partial charge in [-0.1, -0.05) is 6.42 Å². The second kappa shape index (κ2) is 5.25. The van der Waals surface area contributed by atoms with Crippen LogP contribution in [0.3, 0.4) is 0 Å². The van der Waals surface area contributed by atoms with Crippen LogP contribution >= 0.6 is 0 Å². The molecular weight excluding hydrogens is 212 g/mol. The van der Waals surface area contributed by atoms with Crippen LogP contribution in [-0.2, 0) is 4.74 Å². The van der Waals surface area contributed by atoms with Crippen molar-refractivity contribution < 1.29 is 4.74 Å². The van der Waals surface area contributed by atoms with Crippen molar-refractivity contribution in [2.75, 3.05) is 20.2 Å². The van der Waals surface area contributed by atoms with Crippen molar-refractivity contribution in [1.29, 1.82) is 0 Å². The zero-order chi connectivity index (χ0) is 12.5. The summed E-state index contributed by atoms with van der Waals surface area (Å²) in [5.41, 5.74) is 5.94. The number of hydrogen-bond donors (Lipinski definition) is 1. The molecule has 0 radical (unpaired) electrons. The van der Waals surface area contributed by atoms with Gasteiger partial charge in [0.2, 0.25) is 0 Å². The molecule has 1 aliphatic carbocycles. The fourth-order valence-electron chi connectivity index (χ4n) is 3.65. The third-order valence-corrected chi connectivity index (χ3v) is 4.69. The van der Waals surface area contributed by atoms with Crippen molar-refractivity contribution in [3.8, 4) is 0 Å². The number of rotatable bonds is 3. The molecule has 1 heterocycles. The molecule has 3 heteroatoms. The maximum absolute atomic E-state index is 5.89. The van der Waals surface area contributed by atoms with E-state index in [4.69, 9.17) is 10.5 Å². The molecule has 2 fully saturated rings. The summed E-state index contributed by atoms with van der Waals surface area (Å²) < 4.78 is 5.81. The smallest absolute Gasteiger partial charge is 0.0641 e. The van der Waals surface area contributed by atoms with Crippen LogP contribution in [0, 0.1) is 5.92 Å². The van der Waals surface area contributed by atoms with Gasteiger partial charge in [0.05, 0.1) is 5.60 Å². The molecule has 3 unspecified atom stereocenters. The highest BCUT2D eigenvalue weighted by Crippen LogP contribution is 2.34. The molecule has 0 amide bonds. The van der Waals surface area contributed by atoms with Gasteiger partial charge in [0.15, 0.2) is 0 Å². The molecule has 0 spiro atoms. The first-order valence-corrected chi connectivity index (χ1v) is 7.09. The summed E-state index contributed by atoms with van der Waals surface area (Å²) in [4.78, 5) is 2.61. The van der Waals surface area contributed by atoms with Crippen LogP contribution in [-0.4, -0.2) is 42.8 Å². The van der Waals surface area contributed by atoms with E-state index in [1.807, 2.05) is 0 Å². The number of ether oxygens (including phenoxy) is 1. The normalized spacial score (nSPS) is 37.6. The highest BCUT2D eigenvalue weighted by Gasteiger charge is 2.37. The minimum absolute atomic E-state index is 0.0496. The molecule has 1 aliphatic heterocycles. The molecule has 0 aromatic heterocycles. The van der Waals surface area contributed by atoms with Crippen molar-refractivity contribution in [2.45, 2.75) is 63.6 Å². The SMILES string of the molecule is CN(C1CCOC(C)(C)C1)C1CCCC1CN. The van der Waals surface area contributed by atoms with Gasteiger partial charge in [0.25, 0.3) is 0 Å². The predicted octanol–water partition coefficient (Wildman–Crippen LogP) is 2.00.